The van der Waals surface area contributed by atoms with E-state index in [-0.39, 0.29) is 0 Å². The Morgan fingerprint density at radius 1 is 0.451 bits per heavy atom. The number of rotatable bonds is 6. The van der Waals surface area contributed by atoms with E-state index in [0.717, 1.165) is 46.1 Å². The number of hydrogen-bond acceptors (Lipinski definition) is 2. The lowest BCUT2D eigenvalue weighted by Crippen LogP contribution is -2.10. The van der Waals surface area contributed by atoms with Gasteiger partial charge in [0.2, 0.25) is 0 Å². The van der Waals surface area contributed by atoms with Crippen molar-refractivity contribution < 1.29 is 0 Å². The topological polar surface area (TPSA) is 20.5 Å². The molecule has 0 N–H and O–H groups in total. The van der Waals surface area contributed by atoms with Gasteiger partial charge in [-0.25, -0.2) is 0 Å². The molecule has 9 aromatic rings. The Kier molecular flexibility index (Phi) is 6.88. The molecule has 2 heterocycles. The van der Waals surface area contributed by atoms with Crippen LogP contribution in [-0.2, 0) is 6.42 Å². The van der Waals surface area contributed by atoms with Crippen LogP contribution in [0, 0.1) is 0 Å². The third kappa shape index (κ3) is 5.02. The quantitative estimate of drug-likeness (QED) is 0.175. The number of nitrogens with zero attached hydrogens (tertiary/aromatic N) is 3. The van der Waals surface area contributed by atoms with Gasteiger partial charge >= 0.3 is 0 Å². The van der Waals surface area contributed by atoms with Crippen LogP contribution in [0.3, 0.4) is 0 Å². The smallest absolute Gasteiger partial charge is 0.0669 e. The molecule has 240 valence electrons. The molecule has 0 aliphatic carbocycles. The first-order chi connectivity index (χ1) is 25.3. The van der Waals surface area contributed by atoms with E-state index >= 15 is 0 Å². The number of benzene rings is 8. The number of aliphatic imine (C=N–C) groups is 1. The summed E-state index contributed by atoms with van der Waals surface area (Å²) in [6.07, 6.45) is 0.858. The fraction of sp³-hybridized carbons (Fsp3) is 0.0208. The third-order valence-electron chi connectivity index (χ3n) is 10.2. The van der Waals surface area contributed by atoms with Crippen LogP contribution in [-0.4, -0.2) is 10.3 Å². The Hall–Kier alpha value is -6.71. The molecule has 0 bridgehead atoms. The summed E-state index contributed by atoms with van der Waals surface area (Å²) in [5.74, 6) is 0. The van der Waals surface area contributed by atoms with Gasteiger partial charge in [-0.05, 0) is 99.8 Å². The second-order valence-corrected chi connectivity index (χ2v) is 13.2. The first kappa shape index (κ1) is 29.2. The number of fused-ring (bicyclic) bond motifs is 5. The SMILES string of the molecule is c1ccc(-n2c3ccccc3c3cc(N(c4ccc(C5=Nc6ccccc6C5)cc4)c4ccc(-c5cccc6ccccc56)cc4)ccc32)cc1. The van der Waals surface area contributed by atoms with Gasteiger partial charge < -0.3 is 9.47 Å². The average molecular weight is 652 g/mol. The minimum Gasteiger partial charge on any atom is -0.310 e. The van der Waals surface area contributed by atoms with Gasteiger partial charge in [0.1, 0.15) is 0 Å². The Morgan fingerprint density at radius 2 is 1.08 bits per heavy atom. The summed E-state index contributed by atoms with van der Waals surface area (Å²) in [7, 11) is 0. The first-order valence-corrected chi connectivity index (χ1v) is 17.5. The zero-order valence-electron chi connectivity index (χ0n) is 27.9. The highest BCUT2D eigenvalue weighted by Gasteiger charge is 2.19. The lowest BCUT2D eigenvalue weighted by Gasteiger charge is -2.26. The number of hydrogen-bond donors (Lipinski definition) is 0. The van der Waals surface area contributed by atoms with Crippen molar-refractivity contribution in [1.82, 2.24) is 4.57 Å². The zero-order valence-corrected chi connectivity index (χ0v) is 27.9. The van der Waals surface area contributed by atoms with E-state index in [2.05, 4.69) is 198 Å². The molecule has 1 aromatic heterocycles. The van der Waals surface area contributed by atoms with E-state index < -0.39 is 0 Å². The van der Waals surface area contributed by atoms with Crippen LogP contribution in [0.4, 0.5) is 22.7 Å². The molecule has 0 atom stereocenters. The van der Waals surface area contributed by atoms with Crippen LogP contribution in [0.15, 0.2) is 193 Å². The monoisotopic (exact) mass is 651 g/mol. The van der Waals surface area contributed by atoms with E-state index in [1.807, 2.05) is 0 Å². The predicted molar refractivity (Wildman–Crippen MR) is 215 cm³/mol. The molecular formula is C48H33N3. The van der Waals surface area contributed by atoms with Crippen LogP contribution in [0.25, 0.3) is 49.4 Å². The Labute approximate surface area is 297 Å². The van der Waals surface area contributed by atoms with Crippen molar-refractivity contribution in [2.75, 3.05) is 4.90 Å². The van der Waals surface area contributed by atoms with E-state index in [1.54, 1.807) is 0 Å². The summed E-state index contributed by atoms with van der Waals surface area (Å²) in [6.45, 7) is 0. The van der Waals surface area contributed by atoms with Crippen molar-refractivity contribution >= 4 is 61.0 Å². The molecule has 0 saturated heterocycles. The number of aromatic nitrogens is 1. The summed E-state index contributed by atoms with van der Waals surface area (Å²) < 4.78 is 2.37. The number of anilines is 3. The predicted octanol–water partition coefficient (Wildman–Crippen LogP) is 12.8. The molecule has 0 spiro atoms. The van der Waals surface area contributed by atoms with Gasteiger partial charge in [-0.2, -0.15) is 0 Å². The third-order valence-corrected chi connectivity index (χ3v) is 10.2. The van der Waals surface area contributed by atoms with Gasteiger partial charge in [-0.1, -0.05) is 121 Å². The summed E-state index contributed by atoms with van der Waals surface area (Å²) >= 11 is 0. The normalized spacial score (nSPS) is 12.4. The highest BCUT2D eigenvalue weighted by atomic mass is 15.1. The fourth-order valence-electron chi connectivity index (χ4n) is 7.77. The molecular weight excluding hydrogens is 619 g/mol. The van der Waals surface area contributed by atoms with E-state index in [1.165, 1.54) is 49.3 Å². The van der Waals surface area contributed by atoms with E-state index in [4.69, 9.17) is 4.99 Å². The van der Waals surface area contributed by atoms with Crippen molar-refractivity contribution in [3.8, 4) is 16.8 Å². The van der Waals surface area contributed by atoms with E-state index in [9.17, 15) is 0 Å². The summed E-state index contributed by atoms with van der Waals surface area (Å²) in [5.41, 5.74) is 13.9. The molecule has 0 unspecified atom stereocenters. The molecule has 51 heavy (non-hydrogen) atoms. The number of para-hydroxylation sites is 3. The van der Waals surface area contributed by atoms with Crippen molar-refractivity contribution in [3.63, 3.8) is 0 Å². The van der Waals surface area contributed by atoms with Gasteiger partial charge in [-0.3, -0.25) is 4.99 Å². The molecule has 0 saturated carbocycles. The standard InChI is InChI=1S/C48H33N3/c1-2-14-37(15-3-1)51-47-20-9-7-17-43(47)44-32-40(29-30-48(44)51)50(39-27-23-35(24-28-39)46-31-36-12-5-8-19-45(36)49-46)38-25-21-34(22-26-38)42-18-10-13-33-11-4-6-16-41(33)42/h1-30,32H,31H2. The summed E-state index contributed by atoms with van der Waals surface area (Å²) in [5, 5.41) is 4.97. The molecule has 8 aromatic carbocycles. The molecule has 1 aliphatic rings. The first-order valence-electron chi connectivity index (χ1n) is 17.5. The molecule has 0 amide bonds. The maximum absolute atomic E-state index is 4.96. The second kappa shape index (κ2) is 12.0. The molecule has 0 fully saturated rings. The van der Waals surface area contributed by atoms with Crippen molar-refractivity contribution in [2.45, 2.75) is 6.42 Å². The lowest BCUT2D eigenvalue weighted by molar-refractivity contribution is 1.18. The molecule has 3 nitrogen and oxygen atoms in total. The Bertz CT molecular complexity index is 2750. The molecule has 0 radical (unpaired) electrons. The zero-order chi connectivity index (χ0) is 33.7. The van der Waals surface area contributed by atoms with Gasteiger partial charge in [0.05, 0.1) is 22.4 Å². The van der Waals surface area contributed by atoms with Gasteiger partial charge in [0, 0.05) is 39.9 Å². The summed E-state index contributed by atoms with van der Waals surface area (Å²) in [4.78, 5) is 7.33. The molecule has 10 rings (SSSR count). The van der Waals surface area contributed by atoms with Gasteiger partial charge in [0.25, 0.3) is 0 Å². The van der Waals surface area contributed by atoms with Gasteiger partial charge in [-0.15, -0.1) is 0 Å². The van der Waals surface area contributed by atoms with Crippen molar-refractivity contribution in [1.29, 1.82) is 0 Å². The highest BCUT2D eigenvalue weighted by molar-refractivity contribution is 6.11. The fourth-order valence-corrected chi connectivity index (χ4v) is 7.77. The lowest BCUT2D eigenvalue weighted by atomic mass is 9.98. The van der Waals surface area contributed by atoms with Crippen LogP contribution >= 0.6 is 0 Å². The Morgan fingerprint density at radius 3 is 1.88 bits per heavy atom. The maximum Gasteiger partial charge on any atom is 0.0669 e. The van der Waals surface area contributed by atoms with Crippen LogP contribution in [0.1, 0.15) is 11.1 Å². The average Bonchev–Trinajstić information content (AvgIpc) is 3.78. The van der Waals surface area contributed by atoms with E-state index in [0.29, 0.717) is 0 Å². The van der Waals surface area contributed by atoms with Crippen LogP contribution in [0.2, 0.25) is 0 Å². The minimum absolute atomic E-state index is 0.858. The van der Waals surface area contributed by atoms with Crippen molar-refractivity contribution in [2.24, 2.45) is 4.99 Å². The Balaban J connectivity index is 1.11. The molecule has 1 aliphatic heterocycles. The van der Waals surface area contributed by atoms with Crippen LogP contribution in [0.5, 0.6) is 0 Å². The highest BCUT2D eigenvalue weighted by Crippen LogP contribution is 2.41. The maximum atomic E-state index is 4.96. The van der Waals surface area contributed by atoms with Crippen molar-refractivity contribution in [3.05, 3.63) is 199 Å². The largest absolute Gasteiger partial charge is 0.310 e. The molecule has 3 heteroatoms. The summed E-state index contributed by atoms with van der Waals surface area (Å²) in [6, 6.07) is 67.7. The minimum atomic E-state index is 0.858. The second-order valence-electron chi connectivity index (χ2n) is 13.2. The van der Waals surface area contributed by atoms with Gasteiger partial charge in [0.15, 0.2) is 0 Å². The van der Waals surface area contributed by atoms with Crippen LogP contribution < -0.4 is 4.90 Å².